The summed E-state index contributed by atoms with van der Waals surface area (Å²) >= 11 is 6.08. The lowest BCUT2D eigenvalue weighted by atomic mass is 9.76. The van der Waals surface area contributed by atoms with Crippen LogP contribution in [0.3, 0.4) is 0 Å². The van der Waals surface area contributed by atoms with E-state index in [0.717, 1.165) is 12.1 Å². The second-order valence-corrected chi connectivity index (χ2v) is 6.12. The van der Waals surface area contributed by atoms with Gasteiger partial charge in [0.1, 0.15) is 11.9 Å². The molecule has 1 N–H and O–H groups in total. The molecule has 1 aliphatic heterocycles. The average Bonchev–Trinajstić information content (AvgIpc) is 2.49. The fourth-order valence-electron chi connectivity index (χ4n) is 2.56. The standard InChI is InChI=1S/C15H18ClFN2O.C2H6/c1-15(4-6-18)5-7-19(10-14(15)17)9-11-8-12(20)2-3-13(11)16;1-2/h2-3,8,14,20H,4-5,7,9-10H2,1H3;1-2H3. The van der Waals surface area contributed by atoms with Crippen LogP contribution in [0.25, 0.3) is 0 Å². The van der Waals surface area contributed by atoms with Crippen molar-refractivity contribution in [2.24, 2.45) is 5.41 Å². The molecule has 1 aromatic carbocycles. The highest BCUT2D eigenvalue weighted by atomic mass is 35.5. The number of rotatable bonds is 3. The maximum atomic E-state index is 14.3. The SMILES string of the molecule is CC.CC1(CC#N)CCN(Cc2cc(O)ccc2Cl)CC1F. The topological polar surface area (TPSA) is 47.3 Å². The molecule has 2 rings (SSSR count). The summed E-state index contributed by atoms with van der Waals surface area (Å²) in [5.74, 6) is 0.160. The monoisotopic (exact) mass is 326 g/mol. The van der Waals surface area contributed by atoms with E-state index in [4.69, 9.17) is 16.9 Å². The van der Waals surface area contributed by atoms with Crippen molar-refractivity contribution in [2.75, 3.05) is 13.1 Å². The second kappa shape index (κ2) is 8.36. The molecule has 1 heterocycles. The van der Waals surface area contributed by atoms with Gasteiger partial charge in [0.2, 0.25) is 0 Å². The summed E-state index contributed by atoms with van der Waals surface area (Å²) in [5.41, 5.74) is 0.246. The minimum absolute atomic E-state index is 0.160. The molecule has 2 unspecified atom stereocenters. The predicted octanol–water partition coefficient (Wildman–Crippen LogP) is 4.54. The van der Waals surface area contributed by atoms with E-state index in [1.807, 2.05) is 25.7 Å². The Bertz CT molecular complexity index is 532. The van der Waals surface area contributed by atoms with Crippen LogP contribution in [0.2, 0.25) is 5.02 Å². The number of nitrogens with zero attached hydrogens (tertiary/aromatic N) is 2. The number of hydrogen-bond donors (Lipinski definition) is 1. The van der Waals surface area contributed by atoms with E-state index in [9.17, 15) is 9.50 Å². The van der Waals surface area contributed by atoms with Gasteiger partial charge in [-0.2, -0.15) is 5.26 Å². The number of phenols is 1. The summed E-state index contributed by atoms with van der Waals surface area (Å²) in [4.78, 5) is 1.98. The van der Waals surface area contributed by atoms with Crippen LogP contribution in [0.4, 0.5) is 4.39 Å². The molecule has 0 amide bonds. The molecule has 0 aromatic heterocycles. The van der Waals surface area contributed by atoms with E-state index in [1.54, 1.807) is 12.1 Å². The first-order valence-corrected chi connectivity index (χ1v) is 8.03. The van der Waals surface area contributed by atoms with Gasteiger partial charge in [-0.05, 0) is 36.7 Å². The molecule has 0 aliphatic carbocycles. The summed E-state index contributed by atoms with van der Waals surface area (Å²) in [6.45, 7) is 7.37. The van der Waals surface area contributed by atoms with Crippen LogP contribution < -0.4 is 0 Å². The fraction of sp³-hybridized carbons (Fsp3) is 0.588. The normalized spacial score (nSPS) is 25.0. The van der Waals surface area contributed by atoms with Gasteiger partial charge >= 0.3 is 0 Å². The van der Waals surface area contributed by atoms with Gasteiger partial charge in [-0.3, -0.25) is 4.90 Å². The summed E-state index contributed by atoms with van der Waals surface area (Å²) in [7, 11) is 0. The van der Waals surface area contributed by atoms with Gasteiger partial charge in [0.15, 0.2) is 0 Å². The number of alkyl halides is 1. The summed E-state index contributed by atoms with van der Waals surface area (Å²) in [5, 5.41) is 18.9. The molecule has 3 nitrogen and oxygen atoms in total. The average molecular weight is 327 g/mol. The minimum Gasteiger partial charge on any atom is -0.508 e. The zero-order valence-corrected chi connectivity index (χ0v) is 14.2. The lowest BCUT2D eigenvalue weighted by Crippen LogP contribution is -2.47. The lowest BCUT2D eigenvalue weighted by Gasteiger charge is -2.41. The maximum absolute atomic E-state index is 14.3. The molecule has 22 heavy (non-hydrogen) atoms. The number of phenolic OH excluding ortho intramolecular Hbond substituents is 1. The van der Waals surface area contributed by atoms with Crippen LogP contribution in [0, 0.1) is 16.7 Å². The summed E-state index contributed by atoms with van der Waals surface area (Å²) < 4.78 is 14.3. The zero-order valence-electron chi connectivity index (χ0n) is 13.4. The van der Waals surface area contributed by atoms with Crippen molar-refractivity contribution < 1.29 is 9.50 Å². The molecule has 1 aliphatic rings. The molecule has 1 fully saturated rings. The number of benzene rings is 1. The molecule has 1 aromatic rings. The minimum atomic E-state index is -1.02. The van der Waals surface area contributed by atoms with Crippen LogP contribution in [-0.4, -0.2) is 29.3 Å². The van der Waals surface area contributed by atoms with Crippen molar-refractivity contribution in [1.82, 2.24) is 4.90 Å². The van der Waals surface area contributed by atoms with Crippen molar-refractivity contribution in [1.29, 1.82) is 5.26 Å². The largest absolute Gasteiger partial charge is 0.508 e. The molecular formula is C17H24ClFN2O. The van der Waals surface area contributed by atoms with E-state index in [0.29, 0.717) is 24.5 Å². The van der Waals surface area contributed by atoms with Crippen molar-refractivity contribution in [3.05, 3.63) is 28.8 Å². The first kappa shape index (κ1) is 18.7. The molecular weight excluding hydrogens is 303 g/mol. The fourth-order valence-corrected chi connectivity index (χ4v) is 2.73. The van der Waals surface area contributed by atoms with Crippen LogP contribution in [0.15, 0.2) is 18.2 Å². The number of halogens is 2. The van der Waals surface area contributed by atoms with Crippen molar-refractivity contribution >= 4 is 11.6 Å². The van der Waals surface area contributed by atoms with Crippen LogP contribution in [0.1, 0.15) is 39.2 Å². The molecule has 2 atom stereocenters. The van der Waals surface area contributed by atoms with Gasteiger partial charge in [-0.15, -0.1) is 0 Å². The Hall–Kier alpha value is -1.31. The zero-order chi connectivity index (χ0) is 16.8. The van der Waals surface area contributed by atoms with E-state index >= 15 is 0 Å². The first-order valence-electron chi connectivity index (χ1n) is 7.65. The smallest absolute Gasteiger partial charge is 0.119 e. The van der Waals surface area contributed by atoms with Gasteiger partial charge in [0, 0.05) is 29.9 Å². The Morgan fingerprint density at radius 1 is 1.50 bits per heavy atom. The maximum Gasteiger partial charge on any atom is 0.119 e. The van der Waals surface area contributed by atoms with Gasteiger partial charge in [-0.25, -0.2) is 4.39 Å². The Kier molecular flexibility index (Phi) is 7.12. The van der Waals surface area contributed by atoms with Gasteiger partial charge in [-0.1, -0.05) is 32.4 Å². The Morgan fingerprint density at radius 2 is 2.18 bits per heavy atom. The van der Waals surface area contributed by atoms with Gasteiger partial charge in [0.05, 0.1) is 6.07 Å². The summed E-state index contributed by atoms with van der Waals surface area (Å²) in [6.07, 6.45) is -0.125. The summed E-state index contributed by atoms with van der Waals surface area (Å²) in [6, 6.07) is 6.86. The van der Waals surface area contributed by atoms with Crippen molar-refractivity contribution in [3.8, 4) is 11.8 Å². The van der Waals surface area contributed by atoms with E-state index in [2.05, 4.69) is 6.07 Å². The van der Waals surface area contributed by atoms with Gasteiger partial charge in [0.25, 0.3) is 0 Å². The first-order chi connectivity index (χ1) is 10.4. The van der Waals surface area contributed by atoms with Crippen LogP contribution in [-0.2, 0) is 6.54 Å². The highest BCUT2D eigenvalue weighted by molar-refractivity contribution is 6.31. The number of aromatic hydroxyl groups is 1. The van der Waals surface area contributed by atoms with Crippen LogP contribution >= 0.6 is 11.6 Å². The van der Waals surface area contributed by atoms with E-state index in [1.165, 1.54) is 6.07 Å². The number of piperidine rings is 1. The molecule has 0 radical (unpaired) electrons. The molecule has 5 heteroatoms. The molecule has 122 valence electrons. The Morgan fingerprint density at radius 3 is 2.77 bits per heavy atom. The van der Waals surface area contributed by atoms with Crippen molar-refractivity contribution in [2.45, 2.75) is 46.3 Å². The van der Waals surface area contributed by atoms with E-state index in [-0.39, 0.29) is 12.2 Å². The third kappa shape index (κ3) is 4.59. The Labute approximate surface area is 137 Å². The number of nitriles is 1. The molecule has 0 spiro atoms. The van der Waals surface area contributed by atoms with Crippen LogP contribution in [0.5, 0.6) is 5.75 Å². The number of likely N-dealkylation sites (tertiary alicyclic amines) is 1. The Balaban J connectivity index is 0.00000116. The molecule has 0 bridgehead atoms. The highest BCUT2D eigenvalue weighted by Crippen LogP contribution is 2.37. The highest BCUT2D eigenvalue weighted by Gasteiger charge is 2.39. The van der Waals surface area contributed by atoms with Crippen molar-refractivity contribution in [3.63, 3.8) is 0 Å². The second-order valence-electron chi connectivity index (χ2n) is 5.72. The predicted molar refractivity (Wildman–Crippen MR) is 87.6 cm³/mol. The molecule has 1 saturated heterocycles. The van der Waals surface area contributed by atoms with Gasteiger partial charge < -0.3 is 5.11 Å². The third-order valence-electron chi connectivity index (χ3n) is 4.08. The third-order valence-corrected chi connectivity index (χ3v) is 4.45. The van der Waals surface area contributed by atoms with E-state index < -0.39 is 11.6 Å². The lowest BCUT2D eigenvalue weighted by molar-refractivity contribution is 0.0186. The number of hydrogen-bond acceptors (Lipinski definition) is 3. The molecule has 0 saturated carbocycles. The quantitative estimate of drug-likeness (QED) is 0.887.